The first-order valence-electron chi connectivity index (χ1n) is 11.7. The number of anilines is 1. The number of carbonyl (C=O) groups excluding carboxylic acids is 2. The number of para-hydroxylation sites is 1. The molecule has 3 aliphatic rings. The molecule has 7 heteroatoms. The summed E-state index contributed by atoms with van der Waals surface area (Å²) >= 11 is 6.23. The minimum absolute atomic E-state index is 0.00117. The number of hydrogen-bond donors (Lipinski definition) is 0. The van der Waals surface area contributed by atoms with E-state index >= 15 is 0 Å². The minimum atomic E-state index is 0.00117. The lowest BCUT2D eigenvalue weighted by Gasteiger charge is -2.39. The quantitative estimate of drug-likeness (QED) is 0.408. The van der Waals surface area contributed by atoms with E-state index in [1.807, 2.05) is 46.2 Å². The number of urea groups is 1. The first-order valence-corrected chi connectivity index (χ1v) is 12.1. The van der Waals surface area contributed by atoms with Crippen molar-refractivity contribution in [2.45, 2.75) is 19.3 Å². The van der Waals surface area contributed by atoms with Crippen molar-refractivity contribution in [1.82, 2.24) is 14.8 Å². The van der Waals surface area contributed by atoms with Gasteiger partial charge in [-0.1, -0.05) is 35.9 Å². The lowest BCUT2D eigenvalue weighted by Crippen LogP contribution is -2.54. The van der Waals surface area contributed by atoms with Gasteiger partial charge in [0.2, 0.25) is 0 Å². The zero-order valence-electron chi connectivity index (χ0n) is 18.4. The number of amides is 2. The second-order valence-corrected chi connectivity index (χ2v) is 9.46. The number of piperazine rings is 1. The van der Waals surface area contributed by atoms with E-state index in [0.717, 1.165) is 53.8 Å². The first-order chi connectivity index (χ1) is 16.1. The number of pyridine rings is 1. The van der Waals surface area contributed by atoms with Crippen LogP contribution in [-0.4, -0.2) is 65.9 Å². The van der Waals surface area contributed by atoms with E-state index in [0.29, 0.717) is 42.3 Å². The molecule has 3 aromatic rings. The van der Waals surface area contributed by atoms with Crippen LogP contribution in [0, 0.1) is 0 Å². The maximum Gasteiger partial charge on any atom is 0.320 e. The minimum Gasteiger partial charge on any atom is -0.353 e. The normalized spacial score (nSPS) is 18.0. The Bertz CT molecular complexity index is 1280. The van der Waals surface area contributed by atoms with E-state index < -0.39 is 0 Å². The maximum atomic E-state index is 13.4. The van der Waals surface area contributed by atoms with Crippen molar-refractivity contribution in [2.24, 2.45) is 0 Å². The van der Waals surface area contributed by atoms with E-state index in [9.17, 15) is 9.59 Å². The van der Waals surface area contributed by atoms with Gasteiger partial charge in [-0.25, -0.2) is 9.78 Å². The van der Waals surface area contributed by atoms with Gasteiger partial charge in [0, 0.05) is 66.4 Å². The van der Waals surface area contributed by atoms with Crippen molar-refractivity contribution in [3.8, 4) is 11.1 Å². The highest BCUT2D eigenvalue weighted by molar-refractivity contribution is 6.33. The van der Waals surface area contributed by atoms with Crippen LogP contribution in [0.1, 0.15) is 35.2 Å². The fourth-order valence-electron chi connectivity index (χ4n) is 5.37. The van der Waals surface area contributed by atoms with E-state index in [1.165, 1.54) is 6.42 Å². The molecule has 2 saturated heterocycles. The number of rotatable bonds is 1. The Morgan fingerprint density at radius 2 is 1.55 bits per heavy atom. The lowest BCUT2D eigenvalue weighted by atomic mass is 10.0. The van der Waals surface area contributed by atoms with Crippen LogP contribution in [0.2, 0.25) is 5.02 Å². The molecule has 2 aromatic carbocycles. The van der Waals surface area contributed by atoms with Gasteiger partial charge >= 0.3 is 6.03 Å². The van der Waals surface area contributed by atoms with Gasteiger partial charge in [-0.2, -0.15) is 0 Å². The average molecular weight is 461 g/mol. The van der Waals surface area contributed by atoms with Gasteiger partial charge in [0.15, 0.2) is 5.78 Å². The molecule has 2 fully saturated rings. The summed E-state index contributed by atoms with van der Waals surface area (Å²) in [7, 11) is 0. The number of halogens is 1. The Balaban J connectivity index is 1.36. The largest absolute Gasteiger partial charge is 0.353 e. The Morgan fingerprint density at radius 3 is 2.33 bits per heavy atom. The summed E-state index contributed by atoms with van der Waals surface area (Å²) in [5, 5.41) is 1.42. The van der Waals surface area contributed by atoms with Crippen molar-refractivity contribution in [1.29, 1.82) is 0 Å². The summed E-state index contributed by atoms with van der Waals surface area (Å²) in [6.45, 7) is 4.41. The van der Waals surface area contributed by atoms with Crippen molar-refractivity contribution >= 4 is 40.1 Å². The van der Waals surface area contributed by atoms with Crippen LogP contribution in [-0.2, 0) is 0 Å². The molecule has 2 amide bonds. The molecule has 33 heavy (non-hydrogen) atoms. The van der Waals surface area contributed by atoms with Gasteiger partial charge in [0.1, 0.15) is 5.82 Å². The zero-order chi connectivity index (χ0) is 22.5. The number of ketones is 1. The summed E-state index contributed by atoms with van der Waals surface area (Å²) < 4.78 is 0. The Hall–Kier alpha value is -3.12. The highest BCUT2D eigenvalue weighted by atomic mass is 35.5. The van der Waals surface area contributed by atoms with Crippen LogP contribution in [0.3, 0.4) is 0 Å². The number of piperidine rings is 1. The summed E-state index contributed by atoms with van der Waals surface area (Å²) in [5.41, 5.74) is 3.93. The topological polar surface area (TPSA) is 56.8 Å². The third kappa shape index (κ3) is 3.35. The molecule has 0 N–H and O–H groups in total. The molecule has 6 nitrogen and oxygen atoms in total. The molecule has 0 atom stereocenters. The predicted molar refractivity (Wildman–Crippen MR) is 130 cm³/mol. The third-order valence-corrected chi connectivity index (χ3v) is 7.31. The van der Waals surface area contributed by atoms with Crippen LogP contribution in [0.25, 0.3) is 22.0 Å². The smallest absolute Gasteiger partial charge is 0.320 e. The summed E-state index contributed by atoms with van der Waals surface area (Å²) in [6, 6.07) is 13.5. The molecule has 0 unspecified atom stereocenters. The molecular weight excluding hydrogens is 436 g/mol. The number of nitrogens with zero attached hydrogens (tertiary/aromatic N) is 4. The number of benzene rings is 2. The average Bonchev–Trinajstić information content (AvgIpc) is 3.16. The van der Waals surface area contributed by atoms with Crippen molar-refractivity contribution < 1.29 is 9.59 Å². The fraction of sp³-hybridized carbons (Fsp3) is 0.346. The van der Waals surface area contributed by atoms with E-state index in [4.69, 9.17) is 16.6 Å². The molecule has 0 radical (unpaired) electrons. The van der Waals surface area contributed by atoms with Crippen LogP contribution >= 0.6 is 11.6 Å². The monoisotopic (exact) mass is 460 g/mol. The second-order valence-electron chi connectivity index (χ2n) is 9.03. The Morgan fingerprint density at radius 1 is 0.818 bits per heavy atom. The SMILES string of the molecule is O=C1c2cc(Cl)ccc2-c2c(N3CCN(C(=O)N4CCCCC4)CC3)nc3ccccc3c21. The Labute approximate surface area is 197 Å². The standard InChI is InChI=1S/C26H25ClN4O2/c27-17-8-9-18-20(16-17)24(32)22-19-6-2-3-7-21(19)28-25(23(18)22)29-12-14-31(15-13-29)26(33)30-10-4-1-5-11-30/h2-3,6-9,16H,1,4-5,10-15H2. The number of aromatic nitrogens is 1. The van der Waals surface area contributed by atoms with Crippen LogP contribution in [0.4, 0.5) is 10.6 Å². The lowest BCUT2D eigenvalue weighted by molar-refractivity contribution is 0.104. The molecule has 1 aliphatic carbocycles. The first kappa shape index (κ1) is 20.5. The highest BCUT2D eigenvalue weighted by Crippen LogP contribution is 2.45. The molecule has 6 rings (SSSR count). The maximum absolute atomic E-state index is 13.4. The summed E-state index contributed by atoms with van der Waals surface area (Å²) in [6.07, 6.45) is 3.40. The van der Waals surface area contributed by atoms with Crippen molar-refractivity contribution in [3.05, 3.63) is 58.6 Å². The van der Waals surface area contributed by atoms with E-state index in [1.54, 1.807) is 6.07 Å². The number of hydrogen-bond acceptors (Lipinski definition) is 4. The summed E-state index contributed by atoms with van der Waals surface area (Å²) in [4.78, 5) is 37.6. The van der Waals surface area contributed by atoms with Gasteiger partial charge in [-0.05, 0) is 43.0 Å². The van der Waals surface area contributed by atoms with Crippen molar-refractivity contribution in [3.63, 3.8) is 0 Å². The van der Waals surface area contributed by atoms with Crippen LogP contribution in [0.5, 0.6) is 0 Å². The van der Waals surface area contributed by atoms with Crippen LogP contribution in [0.15, 0.2) is 42.5 Å². The molecule has 0 saturated carbocycles. The van der Waals surface area contributed by atoms with Gasteiger partial charge < -0.3 is 14.7 Å². The molecular formula is C26H25ClN4O2. The van der Waals surface area contributed by atoms with Crippen molar-refractivity contribution in [2.75, 3.05) is 44.2 Å². The molecule has 0 bridgehead atoms. The second kappa shape index (κ2) is 8.03. The number of carbonyl (C=O) groups is 2. The number of likely N-dealkylation sites (tertiary alicyclic amines) is 1. The molecule has 0 spiro atoms. The van der Waals surface area contributed by atoms with E-state index in [-0.39, 0.29) is 11.8 Å². The van der Waals surface area contributed by atoms with Gasteiger partial charge in [-0.3, -0.25) is 4.79 Å². The molecule has 168 valence electrons. The van der Waals surface area contributed by atoms with Gasteiger partial charge in [-0.15, -0.1) is 0 Å². The van der Waals surface area contributed by atoms with Gasteiger partial charge in [0.05, 0.1) is 5.52 Å². The summed E-state index contributed by atoms with van der Waals surface area (Å²) in [5.74, 6) is 0.824. The predicted octanol–water partition coefficient (Wildman–Crippen LogP) is 4.83. The van der Waals surface area contributed by atoms with Crippen LogP contribution < -0.4 is 4.90 Å². The highest BCUT2D eigenvalue weighted by Gasteiger charge is 2.35. The molecule has 2 aliphatic heterocycles. The molecule has 3 heterocycles. The third-order valence-electron chi connectivity index (χ3n) is 7.07. The Kier molecular flexibility index (Phi) is 4.98. The molecule has 1 aromatic heterocycles. The number of fused-ring (bicyclic) bond motifs is 5. The van der Waals surface area contributed by atoms with Gasteiger partial charge in [0.25, 0.3) is 0 Å². The van der Waals surface area contributed by atoms with E-state index in [2.05, 4.69) is 4.90 Å². The fourth-order valence-corrected chi connectivity index (χ4v) is 5.54. The zero-order valence-corrected chi connectivity index (χ0v) is 19.1.